The van der Waals surface area contributed by atoms with E-state index in [-0.39, 0.29) is 12.5 Å². The van der Waals surface area contributed by atoms with Crippen LogP contribution >= 0.6 is 22.7 Å². The number of aromatic nitrogens is 1. The molecule has 0 unspecified atom stereocenters. The number of hydrogen-bond donors (Lipinski definition) is 2. The van der Waals surface area contributed by atoms with Gasteiger partial charge < -0.3 is 10.4 Å². The van der Waals surface area contributed by atoms with Gasteiger partial charge >= 0.3 is 0 Å². The molecule has 18 heavy (non-hydrogen) atoms. The molecule has 0 aliphatic rings. The second-order valence-corrected chi connectivity index (χ2v) is 4.92. The van der Waals surface area contributed by atoms with Gasteiger partial charge in [0, 0.05) is 10.9 Å². The third-order valence-corrected chi connectivity index (χ3v) is 3.64. The van der Waals surface area contributed by atoms with Gasteiger partial charge in [0.25, 0.3) is 5.91 Å². The Kier molecular flexibility index (Phi) is 4.47. The Bertz CT molecular complexity index is 579. The maximum absolute atomic E-state index is 11.9. The fraction of sp³-hybridized carbons (Fsp3) is 0.167. The molecule has 0 radical (unpaired) electrons. The molecule has 0 spiro atoms. The Morgan fingerprint density at radius 3 is 3.17 bits per heavy atom. The number of nitrogens with one attached hydrogen (secondary N) is 1. The molecule has 2 aromatic heterocycles. The van der Waals surface area contributed by atoms with E-state index in [0.717, 1.165) is 5.69 Å². The van der Waals surface area contributed by atoms with Crippen LogP contribution in [-0.2, 0) is 6.54 Å². The molecule has 0 aromatic carbocycles. The molecule has 0 aliphatic carbocycles. The van der Waals surface area contributed by atoms with E-state index in [9.17, 15) is 4.79 Å². The van der Waals surface area contributed by atoms with Gasteiger partial charge in [-0.1, -0.05) is 11.8 Å². The van der Waals surface area contributed by atoms with Crippen LogP contribution in [0.25, 0.3) is 0 Å². The van der Waals surface area contributed by atoms with Gasteiger partial charge in [0.1, 0.15) is 11.5 Å². The van der Waals surface area contributed by atoms with Gasteiger partial charge in [0.05, 0.1) is 17.7 Å². The van der Waals surface area contributed by atoms with E-state index in [0.29, 0.717) is 17.0 Å². The zero-order valence-corrected chi connectivity index (χ0v) is 11.0. The van der Waals surface area contributed by atoms with Crippen LogP contribution in [0.3, 0.4) is 0 Å². The maximum atomic E-state index is 11.9. The fourth-order valence-corrected chi connectivity index (χ4v) is 2.62. The van der Waals surface area contributed by atoms with E-state index in [4.69, 9.17) is 5.11 Å². The highest BCUT2D eigenvalue weighted by Crippen LogP contribution is 2.15. The highest BCUT2D eigenvalue weighted by atomic mass is 32.1. The molecule has 0 saturated heterocycles. The summed E-state index contributed by atoms with van der Waals surface area (Å²) in [5, 5.41) is 15.1. The Labute approximate surface area is 112 Å². The molecular weight excluding hydrogens is 268 g/mol. The van der Waals surface area contributed by atoms with E-state index in [1.54, 1.807) is 17.0 Å². The summed E-state index contributed by atoms with van der Waals surface area (Å²) in [5.41, 5.74) is 3.21. The Hall–Kier alpha value is -1.68. The number of thiophene rings is 1. The normalized spacial score (nSPS) is 9.61. The van der Waals surface area contributed by atoms with Crippen LogP contribution in [0.1, 0.15) is 20.9 Å². The lowest BCUT2D eigenvalue weighted by molar-refractivity contribution is 0.0954. The van der Waals surface area contributed by atoms with Crippen molar-refractivity contribution in [2.75, 3.05) is 6.61 Å². The zero-order valence-electron chi connectivity index (χ0n) is 9.34. The number of hydrogen-bond acceptors (Lipinski definition) is 5. The van der Waals surface area contributed by atoms with Gasteiger partial charge in [-0.3, -0.25) is 4.79 Å². The van der Waals surface area contributed by atoms with E-state index < -0.39 is 0 Å². The lowest BCUT2D eigenvalue weighted by Crippen LogP contribution is -2.22. The highest BCUT2D eigenvalue weighted by molar-refractivity contribution is 7.12. The Morgan fingerprint density at radius 1 is 1.56 bits per heavy atom. The predicted octanol–water partition coefficient (Wildman–Crippen LogP) is 1.48. The Balaban J connectivity index is 2.02. The standard InChI is InChI=1S/C12H10N2O2S2/c15-4-1-2-9-3-5-18-11(9)12(16)13-6-10-7-17-8-14-10/h3,5,7-8,15H,4,6H2,(H,13,16). The number of carbonyl (C=O) groups excluding carboxylic acids is 1. The van der Waals surface area contributed by atoms with Crippen LogP contribution in [0, 0.1) is 11.8 Å². The highest BCUT2D eigenvalue weighted by Gasteiger charge is 2.11. The minimum Gasteiger partial charge on any atom is -0.384 e. The molecule has 0 bridgehead atoms. The van der Waals surface area contributed by atoms with Crippen molar-refractivity contribution in [3.63, 3.8) is 0 Å². The molecule has 2 aromatic rings. The summed E-state index contributed by atoms with van der Waals surface area (Å²) in [6.07, 6.45) is 0. The molecule has 6 heteroatoms. The van der Waals surface area contributed by atoms with Crippen LogP contribution in [0.2, 0.25) is 0 Å². The number of aliphatic hydroxyl groups is 1. The molecule has 92 valence electrons. The summed E-state index contributed by atoms with van der Waals surface area (Å²) in [5.74, 6) is 5.12. The SMILES string of the molecule is O=C(NCc1cscn1)c1sccc1C#CCO. The number of thiazole rings is 1. The predicted molar refractivity (Wildman–Crippen MR) is 71.6 cm³/mol. The first-order valence-corrected chi connectivity index (χ1v) is 6.96. The monoisotopic (exact) mass is 278 g/mol. The minimum absolute atomic E-state index is 0.166. The molecule has 0 aliphatic heterocycles. The molecule has 2 N–H and O–H groups in total. The maximum Gasteiger partial charge on any atom is 0.262 e. The summed E-state index contributed by atoms with van der Waals surface area (Å²) >= 11 is 2.82. The quantitative estimate of drug-likeness (QED) is 0.836. The van der Waals surface area contributed by atoms with Gasteiger partial charge in [0.2, 0.25) is 0 Å². The third kappa shape index (κ3) is 3.17. The number of rotatable bonds is 3. The molecule has 2 rings (SSSR count). The van der Waals surface area contributed by atoms with Crippen LogP contribution in [-0.4, -0.2) is 22.6 Å². The lowest BCUT2D eigenvalue weighted by atomic mass is 10.2. The largest absolute Gasteiger partial charge is 0.384 e. The van der Waals surface area contributed by atoms with Crippen molar-refractivity contribution in [2.24, 2.45) is 0 Å². The van der Waals surface area contributed by atoms with Crippen LogP contribution < -0.4 is 5.32 Å². The first-order chi connectivity index (χ1) is 8.81. The van der Waals surface area contributed by atoms with E-state index >= 15 is 0 Å². The summed E-state index contributed by atoms with van der Waals surface area (Å²) < 4.78 is 0. The van der Waals surface area contributed by atoms with E-state index in [2.05, 4.69) is 22.1 Å². The van der Waals surface area contributed by atoms with Gasteiger partial charge in [-0.25, -0.2) is 4.98 Å². The number of carbonyl (C=O) groups is 1. The third-order valence-electron chi connectivity index (χ3n) is 2.09. The van der Waals surface area contributed by atoms with Crippen molar-refractivity contribution in [1.29, 1.82) is 0 Å². The molecule has 0 atom stereocenters. The van der Waals surface area contributed by atoms with E-state index in [1.807, 2.05) is 5.38 Å². The summed E-state index contributed by atoms with van der Waals surface area (Å²) in [6.45, 7) is 0.197. The smallest absolute Gasteiger partial charge is 0.262 e. The topological polar surface area (TPSA) is 62.2 Å². The van der Waals surface area contributed by atoms with Crippen LogP contribution in [0.15, 0.2) is 22.3 Å². The van der Waals surface area contributed by atoms with Crippen molar-refractivity contribution in [1.82, 2.24) is 10.3 Å². The summed E-state index contributed by atoms with van der Waals surface area (Å²) in [4.78, 5) is 16.6. The average molecular weight is 278 g/mol. The summed E-state index contributed by atoms with van der Waals surface area (Å²) in [6, 6.07) is 1.77. The number of amides is 1. The molecule has 4 nitrogen and oxygen atoms in total. The van der Waals surface area contributed by atoms with Crippen molar-refractivity contribution in [3.05, 3.63) is 38.5 Å². The van der Waals surface area contributed by atoms with Gasteiger partial charge in [-0.2, -0.15) is 0 Å². The first kappa shape index (κ1) is 12.8. The van der Waals surface area contributed by atoms with Gasteiger partial charge in [0.15, 0.2) is 0 Å². The number of aliphatic hydroxyl groups excluding tert-OH is 1. The zero-order chi connectivity index (χ0) is 12.8. The van der Waals surface area contributed by atoms with Gasteiger partial charge in [-0.15, -0.1) is 22.7 Å². The molecule has 2 heterocycles. The lowest BCUT2D eigenvalue weighted by Gasteiger charge is -2.01. The molecule has 0 fully saturated rings. The fourth-order valence-electron chi connectivity index (χ4n) is 1.29. The van der Waals surface area contributed by atoms with Crippen molar-refractivity contribution in [3.8, 4) is 11.8 Å². The first-order valence-electron chi connectivity index (χ1n) is 5.13. The molecular formula is C12H10N2O2S2. The second-order valence-electron chi connectivity index (χ2n) is 3.29. The average Bonchev–Trinajstić information content (AvgIpc) is 3.04. The van der Waals surface area contributed by atoms with Gasteiger partial charge in [-0.05, 0) is 11.4 Å². The second kappa shape index (κ2) is 6.31. The van der Waals surface area contributed by atoms with Crippen LogP contribution in [0.4, 0.5) is 0 Å². The minimum atomic E-state index is -0.213. The van der Waals surface area contributed by atoms with E-state index in [1.165, 1.54) is 22.7 Å². The molecule has 0 saturated carbocycles. The molecule has 1 amide bonds. The number of nitrogens with zero attached hydrogens (tertiary/aromatic N) is 1. The van der Waals surface area contributed by atoms with Crippen LogP contribution in [0.5, 0.6) is 0 Å². The van der Waals surface area contributed by atoms with Crippen molar-refractivity contribution >= 4 is 28.6 Å². The summed E-state index contributed by atoms with van der Waals surface area (Å²) in [7, 11) is 0. The Morgan fingerprint density at radius 2 is 2.44 bits per heavy atom. The van der Waals surface area contributed by atoms with Crippen molar-refractivity contribution < 1.29 is 9.90 Å². The van der Waals surface area contributed by atoms with Crippen molar-refractivity contribution in [2.45, 2.75) is 6.54 Å².